The van der Waals surface area contributed by atoms with Crippen molar-refractivity contribution >= 4 is 5.78 Å². The van der Waals surface area contributed by atoms with Crippen LogP contribution in [0.15, 0.2) is 34.9 Å². The number of carbonyl (C=O) groups is 1. The molecule has 2 aliphatic rings. The first-order valence-electron chi connectivity index (χ1n) is 8.52. The molecule has 0 spiro atoms. The van der Waals surface area contributed by atoms with Gasteiger partial charge in [-0.15, -0.1) is 0 Å². The number of carbonyl (C=O) groups excluding carboxylic acids is 1. The van der Waals surface area contributed by atoms with Crippen molar-refractivity contribution in [3.8, 4) is 0 Å². The Balaban J connectivity index is 2.44. The Bertz CT molecular complexity index is 536. The van der Waals surface area contributed by atoms with Crippen LogP contribution in [0.1, 0.15) is 66.2 Å². The van der Waals surface area contributed by atoms with Crippen molar-refractivity contribution in [2.24, 2.45) is 11.3 Å². The zero-order valence-electron chi connectivity index (χ0n) is 14.5. The Morgan fingerprint density at radius 2 is 2.00 bits per heavy atom. The van der Waals surface area contributed by atoms with E-state index < -0.39 is 6.10 Å². The summed E-state index contributed by atoms with van der Waals surface area (Å²) in [5, 5.41) is 10.5. The Hall–Kier alpha value is -1.15. The molecule has 2 atom stereocenters. The smallest absolute Gasteiger partial charge is 0.159 e. The molecule has 0 heterocycles. The van der Waals surface area contributed by atoms with Crippen LogP contribution in [-0.2, 0) is 4.79 Å². The zero-order chi connectivity index (χ0) is 16.5. The quantitative estimate of drug-likeness (QED) is 0.710. The summed E-state index contributed by atoms with van der Waals surface area (Å²) in [6, 6.07) is 0. The number of ketones is 1. The molecule has 0 saturated carbocycles. The first-order valence-corrected chi connectivity index (χ1v) is 8.52. The molecule has 122 valence electrons. The van der Waals surface area contributed by atoms with Gasteiger partial charge in [0.15, 0.2) is 5.78 Å². The monoisotopic (exact) mass is 302 g/mol. The molecular formula is C20H30O2. The van der Waals surface area contributed by atoms with Crippen molar-refractivity contribution in [1.82, 2.24) is 0 Å². The number of aliphatic hydroxyl groups excluding tert-OH is 1. The first-order chi connectivity index (χ1) is 10.2. The molecule has 2 rings (SSSR count). The fourth-order valence-electron chi connectivity index (χ4n) is 4.02. The number of allylic oxidation sites excluding steroid dienone is 4. The second kappa shape index (κ2) is 6.54. The highest BCUT2D eigenvalue weighted by molar-refractivity contribution is 6.00. The van der Waals surface area contributed by atoms with Crippen LogP contribution in [0.5, 0.6) is 0 Å². The fraction of sp³-hybridized carbons (Fsp3) is 0.650. The van der Waals surface area contributed by atoms with Crippen molar-refractivity contribution in [3.05, 3.63) is 34.9 Å². The maximum Gasteiger partial charge on any atom is 0.159 e. The van der Waals surface area contributed by atoms with Crippen LogP contribution in [0.3, 0.4) is 0 Å². The largest absolute Gasteiger partial charge is 0.389 e. The average Bonchev–Trinajstić information content (AvgIpc) is 2.65. The minimum absolute atomic E-state index is 0.205. The number of hydrogen-bond acceptors (Lipinski definition) is 2. The standard InChI is InChI=1S/C20H30O2/c1-13(2)19-16-10-9-14(3)7-6-8-15(4)17(21)11-20(16,5)12-18(19)22/h7,13,17,21H,4,6,8-12H2,1-3,5H3/b14-7-/t17-,20+/m1/s1. The van der Waals surface area contributed by atoms with E-state index in [4.69, 9.17) is 0 Å². The molecule has 0 aromatic heterocycles. The summed E-state index contributed by atoms with van der Waals surface area (Å²) >= 11 is 0. The summed E-state index contributed by atoms with van der Waals surface area (Å²) < 4.78 is 0. The number of aliphatic hydroxyl groups is 1. The molecule has 2 heteroatoms. The maximum absolute atomic E-state index is 12.5. The maximum atomic E-state index is 12.5. The van der Waals surface area contributed by atoms with Crippen LogP contribution in [0, 0.1) is 11.3 Å². The lowest BCUT2D eigenvalue weighted by atomic mass is 9.74. The molecule has 0 bridgehead atoms. The van der Waals surface area contributed by atoms with Crippen molar-refractivity contribution in [1.29, 1.82) is 0 Å². The minimum atomic E-state index is -0.508. The molecule has 0 amide bonds. The lowest BCUT2D eigenvalue weighted by molar-refractivity contribution is -0.116. The van der Waals surface area contributed by atoms with Gasteiger partial charge in [-0.3, -0.25) is 4.79 Å². The van der Waals surface area contributed by atoms with E-state index in [1.807, 2.05) is 0 Å². The third-order valence-electron chi connectivity index (χ3n) is 5.32. The molecule has 0 aromatic carbocycles. The van der Waals surface area contributed by atoms with Crippen molar-refractivity contribution < 1.29 is 9.90 Å². The molecule has 0 unspecified atom stereocenters. The topological polar surface area (TPSA) is 37.3 Å². The van der Waals surface area contributed by atoms with Crippen molar-refractivity contribution in [3.63, 3.8) is 0 Å². The summed E-state index contributed by atoms with van der Waals surface area (Å²) in [6.45, 7) is 12.6. The fourth-order valence-corrected chi connectivity index (χ4v) is 4.02. The van der Waals surface area contributed by atoms with Gasteiger partial charge in [0.2, 0.25) is 0 Å². The van der Waals surface area contributed by atoms with Crippen LogP contribution >= 0.6 is 0 Å². The zero-order valence-corrected chi connectivity index (χ0v) is 14.5. The second-order valence-corrected chi connectivity index (χ2v) is 7.67. The van der Waals surface area contributed by atoms with Gasteiger partial charge in [-0.05, 0) is 61.5 Å². The second-order valence-electron chi connectivity index (χ2n) is 7.67. The van der Waals surface area contributed by atoms with E-state index >= 15 is 0 Å². The van der Waals surface area contributed by atoms with Gasteiger partial charge in [0.25, 0.3) is 0 Å². The van der Waals surface area contributed by atoms with Gasteiger partial charge >= 0.3 is 0 Å². The summed E-state index contributed by atoms with van der Waals surface area (Å²) in [5.74, 6) is 0.545. The van der Waals surface area contributed by atoms with E-state index in [0.29, 0.717) is 12.8 Å². The first kappa shape index (κ1) is 17.2. The predicted molar refractivity (Wildman–Crippen MR) is 91.6 cm³/mol. The third kappa shape index (κ3) is 3.43. The van der Waals surface area contributed by atoms with Gasteiger partial charge in [-0.2, -0.15) is 0 Å². The summed E-state index contributed by atoms with van der Waals surface area (Å²) in [5.41, 5.74) is 4.38. The lowest BCUT2D eigenvalue weighted by Crippen LogP contribution is -2.25. The van der Waals surface area contributed by atoms with Gasteiger partial charge in [0.1, 0.15) is 0 Å². The molecule has 2 aliphatic carbocycles. The SMILES string of the molecule is C=C1CC/C=C(/C)CCC2=C(C(C)C)C(=O)C[C@]2(C)C[C@H]1O. The highest BCUT2D eigenvalue weighted by Crippen LogP contribution is 2.49. The summed E-state index contributed by atoms with van der Waals surface area (Å²) in [4.78, 5) is 12.5. The van der Waals surface area contributed by atoms with E-state index in [1.54, 1.807) is 0 Å². The van der Waals surface area contributed by atoms with Crippen LogP contribution in [0.4, 0.5) is 0 Å². The van der Waals surface area contributed by atoms with Crippen LogP contribution < -0.4 is 0 Å². The highest BCUT2D eigenvalue weighted by Gasteiger charge is 2.43. The van der Waals surface area contributed by atoms with Crippen LogP contribution in [0.25, 0.3) is 0 Å². The molecule has 0 saturated heterocycles. The molecule has 0 radical (unpaired) electrons. The molecule has 22 heavy (non-hydrogen) atoms. The summed E-state index contributed by atoms with van der Waals surface area (Å²) in [6.07, 6.45) is 6.66. The Kier molecular flexibility index (Phi) is 5.11. The molecule has 1 N–H and O–H groups in total. The number of rotatable bonds is 1. The van der Waals surface area contributed by atoms with Crippen LogP contribution in [0.2, 0.25) is 0 Å². The normalized spacial score (nSPS) is 33.5. The molecule has 2 nitrogen and oxygen atoms in total. The van der Waals surface area contributed by atoms with E-state index in [-0.39, 0.29) is 17.1 Å². The molecule has 0 aromatic rings. The van der Waals surface area contributed by atoms with Gasteiger partial charge in [0.05, 0.1) is 6.10 Å². The molecular weight excluding hydrogens is 272 g/mol. The van der Waals surface area contributed by atoms with Crippen molar-refractivity contribution in [2.75, 3.05) is 0 Å². The Morgan fingerprint density at radius 3 is 2.64 bits per heavy atom. The summed E-state index contributed by atoms with van der Waals surface area (Å²) in [7, 11) is 0. The minimum Gasteiger partial charge on any atom is -0.389 e. The number of Topliss-reactive ketones (excluding diaryl/α,β-unsaturated/α-hetero) is 1. The average molecular weight is 302 g/mol. The van der Waals surface area contributed by atoms with Gasteiger partial charge in [-0.1, -0.05) is 44.6 Å². The number of hydrogen-bond donors (Lipinski definition) is 1. The van der Waals surface area contributed by atoms with Gasteiger partial charge in [0, 0.05) is 6.42 Å². The highest BCUT2D eigenvalue weighted by atomic mass is 16.3. The third-order valence-corrected chi connectivity index (χ3v) is 5.32. The van der Waals surface area contributed by atoms with Gasteiger partial charge < -0.3 is 5.11 Å². The van der Waals surface area contributed by atoms with E-state index in [9.17, 15) is 9.90 Å². The Labute approximate surface area is 135 Å². The predicted octanol–water partition coefficient (Wildman–Crippen LogP) is 4.75. The lowest BCUT2D eigenvalue weighted by Gasteiger charge is -2.31. The van der Waals surface area contributed by atoms with Gasteiger partial charge in [-0.25, -0.2) is 0 Å². The number of fused-ring (bicyclic) bond motifs is 1. The van der Waals surface area contributed by atoms with E-state index in [0.717, 1.165) is 36.8 Å². The Morgan fingerprint density at radius 1 is 1.32 bits per heavy atom. The van der Waals surface area contributed by atoms with Crippen molar-refractivity contribution in [2.45, 2.75) is 72.3 Å². The molecule has 0 aliphatic heterocycles. The van der Waals surface area contributed by atoms with E-state index in [2.05, 4.69) is 40.3 Å². The molecule has 0 fully saturated rings. The van der Waals surface area contributed by atoms with E-state index in [1.165, 1.54) is 11.1 Å². The van der Waals surface area contributed by atoms with Crippen LogP contribution in [-0.4, -0.2) is 17.0 Å².